The van der Waals surface area contributed by atoms with E-state index in [9.17, 15) is 4.79 Å². The predicted octanol–water partition coefficient (Wildman–Crippen LogP) is 0.681. The van der Waals surface area contributed by atoms with E-state index in [1.54, 1.807) is 0 Å². The molecule has 2 atom stereocenters. The Morgan fingerprint density at radius 3 is 2.35 bits per heavy atom. The lowest BCUT2D eigenvalue weighted by atomic mass is 9.97. The second-order valence-corrected chi connectivity index (χ2v) is 5.46. The van der Waals surface area contributed by atoms with Crippen LogP contribution in [0.5, 0.6) is 0 Å². The lowest BCUT2D eigenvalue weighted by Gasteiger charge is -2.40. The number of carbonyl (C=O) groups excluding carboxylic acids is 1. The second-order valence-electron chi connectivity index (χ2n) is 5.46. The van der Waals surface area contributed by atoms with Crippen molar-refractivity contribution >= 4 is 5.91 Å². The summed E-state index contributed by atoms with van der Waals surface area (Å²) in [4.78, 5) is 16.7. The van der Waals surface area contributed by atoms with Crippen LogP contribution in [0.25, 0.3) is 0 Å². The highest BCUT2D eigenvalue weighted by atomic mass is 16.2. The van der Waals surface area contributed by atoms with E-state index in [2.05, 4.69) is 29.0 Å². The summed E-state index contributed by atoms with van der Waals surface area (Å²) in [5.74, 6) is 0.326. The number of likely N-dealkylation sites (tertiary alicyclic amines) is 1. The molecule has 2 fully saturated rings. The summed E-state index contributed by atoms with van der Waals surface area (Å²) in [5, 5.41) is 3.32. The quantitative estimate of drug-likeness (QED) is 0.770. The molecule has 0 spiro atoms. The third-order valence-electron chi connectivity index (χ3n) is 4.05. The minimum absolute atomic E-state index is 0.326. The maximum atomic E-state index is 12.4. The van der Waals surface area contributed by atoms with Gasteiger partial charge in [0.05, 0.1) is 6.54 Å². The highest BCUT2D eigenvalue weighted by Gasteiger charge is 2.29. The molecule has 2 aliphatic heterocycles. The first-order valence-corrected chi connectivity index (χ1v) is 6.92. The van der Waals surface area contributed by atoms with E-state index in [1.807, 2.05) is 0 Å². The van der Waals surface area contributed by atoms with Crippen molar-refractivity contribution in [2.75, 3.05) is 32.7 Å². The number of rotatable bonds is 2. The van der Waals surface area contributed by atoms with Crippen molar-refractivity contribution in [3.63, 3.8) is 0 Å². The van der Waals surface area contributed by atoms with Crippen LogP contribution in [0, 0.1) is 0 Å². The lowest BCUT2D eigenvalue weighted by Crippen LogP contribution is -2.53. The summed E-state index contributed by atoms with van der Waals surface area (Å²) < 4.78 is 0. The van der Waals surface area contributed by atoms with Crippen molar-refractivity contribution in [2.45, 2.75) is 45.2 Å². The number of amides is 1. The van der Waals surface area contributed by atoms with Crippen molar-refractivity contribution in [2.24, 2.45) is 0 Å². The first kappa shape index (κ1) is 12.8. The number of piperidine rings is 1. The predicted molar refractivity (Wildman–Crippen MR) is 68.9 cm³/mol. The molecule has 0 aromatic carbocycles. The Morgan fingerprint density at radius 1 is 1.18 bits per heavy atom. The van der Waals surface area contributed by atoms with Gasteiger partial charge in [-0.1, -0.05) is 0 Å². The smallest absolute Gasteiger partial charge is 0.237 e. The van der Waals surface area contributed by atoms with Gasteiger partial charge in [0, 0.05) is 38.3 Å². The van der Waals surface area contributed by atoms with E-state index >= 15 is 0 Å². The van der Waals surface area contributed by atoms with Gasteiger partial charge < -0.3 is 10.2 Å². The molecule has 0 bridgehead atoms. The van der Waals surface area contributed by atoms with Gasteiger partial charge in [-0.05, 0) is 33.1 Å². The first-order valence-electron chi connectivity index (χ1n) is 6.92. The van der Waals surface area contributed by atoms with Crippen molar-refractivity contribution in [1.82, 2.24) is 15.1 Å². The molecule has 1 amide bonds. The maximum absolute atomic E-state index is 12.4. The average Bonchev–Trinajstić information content (AvgIpc) is 2.30. The third kappa shape index (κ3) is 3.19. The molecule has 0 radical (unpaired) electrons. The van der Waals surface area contributed by atoms with Gasteiger partial charge in [0.15, 0.2) is 0 Å². The number of nitrogens with one attached hydrogen (secondary N) is 1. The van der Waals surface area contributed by atoms with Gasteiger partial charge >= 0.3 is 0 Å². The molecule has 17 heavy (non-hydrogen) atoms. The topological polar surface area (TPSA) is 35.6 Å². The summed E-state index contributed by atoms with van der Waals surface area (Å²) in [6.45, 7) is 9.01. The number of hydrogen-bond donors (Lipinski definition) is 1. The van der Waals surface area contributed by atoms with Gasteiger partial charge in [0.2, 0.25) is 5.91 Å². The molecule has 2 heterocycles. The van der Waals surface area contributed by atoms with Crippen LogP contribution in [0.1, 0.15) is 33.1 Å². The molecule has 4 heteroatoms. The summed E-state index contributed by atoms with van der Waals surface area (Å²) in [7, 11) is 0. The number of piperazine rings is 1. The number of hydrogen-bond acceptors (Lipinski definition) is 3. The van der Waals surface area contributed by atoms with Crippen LogP contribution in [0.3, 0.4) is 0 Å². The van der Waals surface area contributed by atoms with E-state index in [-0.39, 0.29) is 0 Å². The van der Waals surface area contributed by atoms with Crippen molar-refractivity contribution in [1.29, 1.82) is 0 Å². The highest BCUT2D eigenvalue weighted by Crippen LogP contribution is 2.22. The number of carbonyl (C=O) groups is 1. The van der Waals surface area contributed by atoms with Crippen LogP contribution >= 0.6 is 0 Å². The Balaban J connectivity index is 1.88. The molecular weight excluding hydrogens is 214 g/mol. The molecule has 2 unspecified atom stereocenters. The fourth-order valence-electron chi connectivity index (χ4n) is 3.06. The molecule has 2 rings (SSSR count). The standard InChI is InChI=1S/C13H25N3O/c1-11-4-3-5-12(2)16(11)13(17)10-15-8-6-14-7-9-15/h11-12,14H,3-10H2,1-2H3. The molecule has 0 aromatic rings. The van der Waals surface area contributed by atoms with Crippen LogP contribution in [0.2, 0.25) is 0 Å². The van der Waals surface area contributed by atoms with Crippen LogP contribution in [-0.4, -0.2) is 60.5 Å². The monoisotopic (exact) mass is 239 g/mol. The minimum Gasteiger partial charge on any atom is -0.336 e. The molecule has 2 saturated heterocycles. The third-order valence-corrected chi connectivity index (χ3v) is 4.05. The van der Waals surface area contributed by atoms with Gasteiger partial charge in [0.25, 0.3) is 0 Å². The van der Waals surface area contributed by atoms with Crippen molar-refractivity contribution < 1.29 is 4.79 Å². The van der Waals surface area contributed by atoms with E-state index in [0.717, 1.165) is 39.0 Å². The van der Waals surface area contributed by atoms with E-state index in [1.165, 1.54) is 6.42 Å². The largest absolute Gasteiger partial charge is 0.336 e. The summed E-state index contributed by atoms with van der Waals surface area (Å²) in [6, 6.07) is 0.850. The van der Waals surface area contributed by atoms with Crippen molar-refractivity contribution in [3.8, 4) is 0 Å². The van der Waals surface area contributed by atoms with E-state index in [4.69, 9.17) is 0 Å². The lowest BCUT2D eigenvalue weighted by molar-refractivity contribution is -0.138. The van der Waals surface area contributed by atoms with E-state index < -0.39 is 0 Å². The molecule has 0 aromatic heterocycles. The zero-order valence-corrected chi connectivity index (χ0v) is 11.1. The normalized spacial score (nSPS) is 31.5. The summed E-state index contributed by atoms with van der Waals surface area (Å²) in [6.07, 6.45) is 3.59. The molecule has 2 aliphatic rings. The van der Waals surface area contributed by atoms with Crippen LogP contribution in [0.4, 0.5) is 0 Å². The van der Waals surface area contributed by atoms with E-state index in [0.29, 0.717) is 24.5 Å². The Hall–Kier alpha value is -0.610. The molecule has 4 nitrogen and oxygen atoms in total. The summed E-state index contributed by atoms with van der Waals surface area (Å²) in [5.41, 5.74) is 0. The average molecular weight is 239 g/mol. The number of nitrogens with zero attached hydrogens (tertiary/aromatic N) is 2. The van der Waals surface area contributed by atoms with Crippen LogP contribution in [0.15, 0.2) is 0 Å². The fourth-order valence-corrected chi connectivity index (χ4v) is 3.06. The SMILES string of the molecule is CC1CCCC(C)N1C(=O)CN1CCNCC1. The first-order chi connectivity index (χ1) is 8.18. The zero-order chi connectivity index (χ0) is 12.3. The molecular formula is C13H25N3O. The fraction of sp³-hybridized carbons (Fsp3) is 0.923. The van der Waals surface area contributed by atoms with Crippen LogP contribution < -0.4 is 5.32 Å². The molecule has 0 saturated carbocycles. The Morgan fingerprint density at radius 2 is 1.76 bits per heavy atom. The second kappa shape index (κ2) is 5.83. The van der Waals surface area contributed by atoms with Gasteiger partial charge in [0.1, 0.15) is 0 Å². The Labute approximate surface area is 104 Å². The zero-order valence-electron chi connectivity index (χ0n) is 11.1. The summed E-state index contributed by atoms with van der Waals surface area (Å²) >= 11 is 0. The molecule has 98 valence electrons. The van der Waals surface area contributed by atoms with Gasteiger partial charge in [-0.15, -0.1) is 0 Å². The molecule has 1 N–H and O–H groups in total. The van der Waals surface area contributed by atoms with Gasteiger partial charge in [-0.3, -0.25) is 9.69 Å². The Kier molecular flexibility index (Phi) is 4.40. The van der Waals surface area contributed by atoms with Gasteiger partial charge in [-0.25, -0.2) is 0 Å². The minimum atomic E-state index is 0.326. The highest BCUT2D eigenvalue weighted by molar-refractivity contribution is 5.79. The van der Waals surface area contributed by atoms with Gasteiger partial charge in [-0.2, -0.15) is 0 Å². The van der Waals surface area contributed by atoms with Crippen molar-refractivity contribution in [3.05, 3.63) is 0 Å². The Bertz CT molecular complexity index is 253. The van der Waals surface area contributed by atoms with Crippen LogP contribution in [-0.2, 0) is 4.79 Å². The molecule has 0 aliphatic carbocycles. The maximum Gasteiger partial charge on any atom is 0.237 e.